The number of hydrogen-bond donors (Lipinski definition) is 2. The second-order valence-corrected chi connectivity index (χ2v) is 11.5. The number of benzene rings is 3. The zero-order valence-electron chi connectivity index (χ0n) is 21.7. The van der Waals surface area contributed by atoms with Gasteiger partial charge < -0.3 is 19.4 Å². The van der Waals surface area contributed by atoms with E-state index >= 15 is 0 Å². The number of halogens is 1. The number of nitrogens with one attached hydrogen (secondary N) is 2. The Morgan fingerprint density at radius 3 is 2.46 bits per heavy atom. The number of nitrogens with zero attached hydrogens (tertiary/aromatic N) is 2. The molecule has 2 N–H and O–H groups in total. The van der Waals surface area contributed by atoms with Crippen LogP contribution < -0.4 is 14.9 Å². The van der Waals surface area contributed by atoms with Crippen molar-refractivity contribution in [1.82, 2.24) is 4.98 Å². The fraction of sp³-hybridized carbons (Fsp3) is 0.133. The summed E-state index contributed by atoms with van der Waals surface area (Å²) in [5.41, 5.74) is 2.79. The van der Waals surface area contributed by atoms with E-state index in [1.165, 1.54) is 12.1 Å². The van der Waals surface area contributed by atoms with Crippen molar-refractivity contribution < 1.29 is 22.4 Å². The Hall–Kier alpha value is -4.38. The van der Waals surface area contributed by atoms with Gasteiger partial charge in [-0.2, -0.15) is 0 Å². The number of amides is 1. The van der Waals surface area contributed by atoms with E-state index in [0.29, 0.717) is 65.6 Å². The predicted octanol–water partition coefficient (Wildman–Crippen LogP) is 6.04. The Morgan fingerprint density at radius 1 is 0.902 bits per heavy atom. The van der Waals surface area contributed by atoms with Crippen molar-refractivity contribution in [2.75, 3.05) is 41.2 Å². The van der Waals surface area contributed by atoms with Gasteiger partial charge in [0.05, 0.1) is 57.5 Å². The van der Waals surface area contributed by atoms with Crippen LogP contribution in [-0.4, -0.2) is 45.6 Å². The Kier molecular flexibility index (Phi) is 7.36. The molecule has 0 spiro atoms. The summed E-state index contributed by atoms with van der Waals surface area (Å²) in [6, 6.07) is 23.8. The molecule has 5 aromatic rings. The zero-order chi connectivity index (χ0) is 28.4. The van der Waals surface area contributed by atoms with Gasteiger partial charge in [-0.05, 0) is 54.6 Å². The van der Waals surface area contributed by atoms with Crippen LogP contribution in [0.15, 0.2) is 101 Å². The third-order valence-electron chi connectivity index (χ3n) is 6.73. The van der Waals surface area contributed by atoms with Crippen LogP contribution >= 0.6 is 11.6 Å². The standard InChI is InChI=1S/C30H25ClN4O5S/c31-23-7-2-4-9-25(23)34-41(37,38)20-11-12-28(35-13-16-39-17-14-35)26(18-20)33-30(36)22-19-27(29-10-5-15-40-29)32-24-8-3-1-6-21(22)24/h1-12,15,18-19,34H,13-14,16-17H2,(H,33,36). The zero-order valence-corrected chi connectivity index (χ0v) is 23.3. The number of pyridine rings is 1. The van der Waals surface area contributed by atoms with Gasteiger partial charge in [-0.25, -0.2) is 13.4 Å². The summed E-state index contributed by atoms with van der Waals surface area (Å²) in [5.74, 6) is 0.108. The van der Waals surface area contributed by atoms with Gasteiger partial charge in [-0.1, -0.05) is 41.9 Å². The number of carbonyl (C=O) groups is 1. The Bertz CT molecular complexity index is 1840. The highest BCUT2D eigenvalue weighted by molar-refractivity contribution is 7.92. The summed E-state index contributed by atoms with van der Waals surface area (Å²) < 4.78 is 40.3. The molecule has 3 heterocycles. The number of aromatic nitrogens is 1. The highest BCUT2D eigenvalue weighted by Crippen LogP contribution is 2.33. The lowest BCUT2D eigenvalue weighted by atomic mass is 10.1. The lowest BCUT2D eigenvalue weighted by molar-refractivity contribution is 0.102. The van der Waals surface area contributed by atoms with E-state index in [4.69, 9.17) is 20.8 Å². The molecule has 1 aliphatic rings. The third kappa shape index (κ3) is 5.62. The number of furan rings is 1. The number of anilines is 3. The summed E-state index contributed by atoms with van der Waals surface area (Å²) >= 11 is 6.20. The number of para-hydroxylation sites is 2. The van der Waals surface area contributed by atoms with Gasteiger partial charge in [0.1, 0.15) is 5.69 Å². The second kappa shape index (κ2) is 11.2. The van der Waals surface area contributed by atoms with E-state index in [9.17, 15) is 13.2 Å². The van der Waals surface area contributed by atoms with E-state index in [2.05, 4.69) is 19.9 Å². The number of sulfonamides is 1. The Morgan fingerprint density at radius 2 is 1.68 bits per heavy atom. The summed E-state index contributed by atoms with van der Waals surface area (Å²) in [6.07, 6.45) is 1.54. The molecule has 1 amide bonds. The summed E-state index contributed by atoms with van der Waals surface area (Å²) in [5, 5.41) is 3.90. The van der Waals surface area contributed by atoms with Crippen LogP contribution in [0.25, 0.3) is 22.4 Å². The lowest BCUT2D eigenvalue weighted by Crippen LogP contribution is -2.36. The van der Waals surface area contributed by atoms with Crippen LogP contribution in [-0.2, 0) is 14.8 Å². The van der Waals surface area contributed by atoms with Crippen LogP contribution in [0, 0.1) is 0 Å². The first kappa shape index (κ1) is 26.8. The first-order chi connectivity index (χ1) is 19.9. The Labute approximate surface area is 241 Å². The number of carbonyl (C=O) groups excluding carboxylic acids is 1. The van der Waals surface area contributed by atoms with Gasteiger partial charge in [0.2, 0.25) is 0 Å². The smallest absolute Gasteiger partial charge is 0.262 e. The largest absolute Gasteiger partial charge is 0.463 e. The molecular formula is C30H25ClN4O5S. The molecule has 0 aliphatic carbocycles. The van der Waals surface area contributed by atoms with Crippen molar-refractivity contribution in [3.05, 3.63) is 102 Å². The highest BCUT2D eigenvalue weighted by Gasteiger charge is 2.23. The molecule has 0 radical (unpaired) electrons. The minimum absolute atomic E-state index is 0.0272. The number of rotatable bonds is 7. The maximum absolute atomic E-state index is 13.9. The van der Waals surface area contributed by atoms with E-state index in [1.54, 1.807) is 54.8 Å². The molecule has 1 aliphatic heterocycles. The Balaban J connectivity index is 1.41. The molecule has 9 nitrogen and oxygen atoms in total. The van der Waals surface area contributed by atoms with Crippen LogP contribution in [0.1, 0.15) is 10.4 Å². The average molecular weight is 589 g/mol. The van der Waals surface area contributed by atoms with Gasteiger partial charge >= 0.3 is 0 Å². The molecule has 0 bridgehead atoms. The first-order valence-electron chi connectivity index (χ1n) is 12.9. The molecule has 1 fully saturated rings. The summed E-state index contributed by atoms with van der Waals surface area (Å²) in [7, 11) is -4.03. The number of ether oxygens (including phenoxy) is 1. The minimum atomic E-state index is -4.03. The van der Waals surface area contributed by atoms with E-state index in [1.807, 2.05) is 24.3 Å². The number of hydrogen-bond acceptors (Lipinski definition) is 7. The molecule has 0 atom stereocenters. The second-order valence-electron chi connectivity index (χ2n) is 9.37. The maximum atomic E-state index is 13.9. The van der Waals surface area contributed by atoms with Gasteiger partial charge in [-0.15, -0.1) is 0 Å². The topological polar surface area (TPSA) is 114 Å². The van der Waals surface area contributed by atoms with Crippen molar-refractivity contribution >= 4 is 55.5 Å². The third-order valence-corrected chi connectivity index (χ3v) is 8.42. The fourth-order valence-corrected chi connectivity index (χ4v) is 6.06. The summed E-state index contributed by atoms with van der Waals surface area (Å²) in [4.78, 5) is 20.6. The van der Waals surface area contributed by atoms with Gasteiger partial charge in [0.15, 0.2) is 5.76 Å². The average Bonchev–Trinajstić information content (AvgIpc) is 3.53. The highest BCUT2D eigenvalue weighted by atomic mass is 35.5. The van der Waals surface area contributed by atoms with Crippen LogP contribution in [0.4, 0.5) is 17.1 Å². The quantitative estimate of drug-likeness (QED) is 0.238. The van der Waals surface area contributed by atoms with Gasteiger partial charge in [0, 0.05) is 18.5 Å². The van der Waals surface area contributed by atoms with Crippen LogP contribution in [0.2, 0.25) is 5.02 Å². The van der Waals surface area contributed by atoms with Crippen LogP contribution in [0.5, 0.6) is 0 Å². The molecule has 0 saturated carbocycles. The molecule has 208 valence electrons. The van der Waals surface area contributed by atoms with Gasteiger partial charge in [-0.3, -0.25) is 9.52 Å². The van der Waals surface area contributed by atoms with Crippen molar-refractivity contribution in [2.45, 2.75) is 4.90 Å². The van der Waals surface area contributed by atoms with E-state index in [0.717, 1.165) is 0 Å². The maximum Gasteiger partial charge on any atom is 0.262 e. The summed E-state index contributed by atoms with van der Waals surface area (Å²) in [6.45, 7) is 2.22. The molecule has 41 heavy (non-hydrogen) atoms. The van der Waals surface area contributed by atoms with Crippen LogP contribution in [0.3, 0.4) is 0 Å². The van der Waals surface area contributed by atoms with E-state index < -0.39 is 15.9 Å². The molecule has 2 aromatic heterocycles. The normalized spacial score (nSPS) is 13.7. The minimum Gasteiger partial charge on any atom is -0.463 e. The predicted molar refractivity (Wildman–Crippen MR) is 159 cm³/mol. The molecule has 1 saturated heterocycles. The molecule has 6 rings (SSSR count). The monoisotopic (exact) mass is 588 g/mol. The number of morpholine rings is 1. The molecular weight excluding hydrogens is 564 g/mol. The van der Waals surface area contributed by atoms with Crippen molar-refractivity contribution in [1.29, 1.82) is 0 Å². The van der Waals surface area contributed by atoms with E-state index in [-0.39, 0.29) is 15.6 Å². The SMILES string of the molecule is O=C(Nc1cc(S(=O)(=O)Nc2ccccc2Cl)ccc1N1CCOCC1)c1cc(-c2ccco2)nc2ccccc12. The van der Waals surface area contributed by atoms with Crippen molar-refractivity contribution in [3.63, 3.8) is 0 Å². The van der Waals surface area contributed by atoms with Crippen molar-refractivity contribution in [3.8, 4) is 11.5 Å². The molecule has 11 heteroatoms. The fourth-order valence-electron chi connectivity index (χ4n) is 4.71. The molecule has 3 aromatic carbocycles. The first-order valence-corrected chi connectivity index (χ1v) is 14.7. The van der Waals surface area contributed by atoms with Gasteiger partial charge in [0.25, 0.3) is 15.9 Å². The van der Waals surface area contributed by atoms with Crippen molar-refractivity contribution in [2.24, 2.45) is 0 Å². The molecule has 0 unspecified atom stereocenters. The lowest BCUT2D eigenvalue weighted by Gasteiger charge is -2.31. The number of fused-ring (bicyclic) bond motifs is 1.